The zero-order valence-electron chi connectivity index (χ0n) is 8.74. The molecule has 1 aromatic heterocycles. The van der Waals surface area contributed by atoms with E-state index >= 15 is 0 Å². The molecule has 4 heteroatoms. The standard InChI is InChI=1S/C10H18N4/c1-14-10(12-8-13-14)7-11-6-9-4-2-3-5-9/h8-9,11H,2-7H2,1H3. The molecule has 0 unspecified atom stereocenters. The predicted molar refractivity (Wildman–Crippen MR) is 54.7 cm³/mol. The summed E-state index contributed by atoms with van der Waals surface area (Å²) in [4.78, 5) is 4.17. The van der Waals surface area contributed by atoms with Gasteiger partial charge in [-0.25, -0.2) is 4.98 Å². The van der Waals surface area contributed by atoms with Crippen LogP contribution < -0.4 is 5.32 Å². The van der Waals surface area contributed by atoms with Gasteiger partial charge in [0.25, 0.3) is 0 Å². The molecule has 14 heavy (non-hydrogen) atoms. The van der Waals surface area contributed by atoms with Gasteiger partial charge in [-0.1, -0.05) is 12.8 Å². The molecule has 0 aliphatic heterocycles. The molecule has 2 rings (SSSR count). The van der Waals surface area contributed by atoms with Gasteiger partial charge < -0.3 is 5.32 Å². The van der Waals surface area contributed by atoms with Gasteiger partial charge in [0.1, 0.15) is 12.2 Å². The summed E-state index contributed by atoms with van der Waals surface area (Å²) in [7, 11) is 1.93. The molecule has 78 valence electrons. The van der Waals surface area contributed by atoms with E-state index in [1.165, 1.54) is 25.7 Å². The van der Waals surface area contributed by atoms with E-state index in [2.05, 4.69) is 15.4 Å². The smallest absolute Gasteiger partial charge is 0.140 e. The third-order valence-corrected chi connectivity index (χ3v) is 3.00. The molecule has 0 bridgehead atoms. The van der Waals surface area contributed by atoms with Crippen molar-refractivity contribution < 1.29 is 0 Å². The van der Waals surface area contributed by atoms with Gasteiger partial charge in [0.05, 0.1) is 6.54 Å². The Bertz CT molecular complexity index is 275. The normalized spacial score (nSPS) is 17.8. The predicted octanol–water partition coefficient (Wildman–Crippen LogP) is 1.09. The van der Waals surface area contributed by atoms with Crippen molar-refractivity contribution >= 4 is 0 Å². The quantitative estimate of drug-likeness (QED) is 0.780. The molecule has 0 spiro atoms. The number of nitrogens with one attached hydrogen (secondary N) is 1. The van der Waals surface area contributed by atoms with Crippen molar-refractivity contribution in [2.45, 2.75) is 32.2 Å². The summed E-state index contributed by atoms with van der Waals surface area (Å²) in [5, 5.41) is 7.48. The summed E-state index contributed by atoms with van der Waals surface area (Å²) in [6, 6.07) is 0. The van der Waals surface area contributed by atoms with Crippen LogP contribution in [-0.2, 0) is 13.6 Å². The van der Waals surface area contributed by atoms with E-state index in [0.717, 1.165) is 24.8 Å². The Labute approximate surface area is 84.7 Å². The van der Waals surface area contributed by atoms with E-state index in [4.69, 9.17) is 0 Å². The summed E-state index contributed by atoms with van der Waals surface area (Å²) in [6.07, 6.45) is 7.22. The molecular weight excluding hydrogens is 176 g/mol. The second-order valence-electron chi connectivity index (χ2n) is 4.08. The van der Waals surface area contributed by atoms with Gasteiger partial charge in [0.15, 0.2) is 0 Å². The molecule has 1 aliphatic rings. The molecule has 4 nitrogen and oxygen atoms in total. The molecule has 1 N–H and O–H groups in total. The lowest BCUT2D eigenvalue weighted by atomic mass is 10.1. The van der Waals surface area contributed by atoms with Gasteiger partial charge in [0.2, 0.25) is 0 Å². The maximum Gasteiger partial charge on any atom is 0.140 e. The molecule has 0 saturated heterocycles. The van der Waals surface area contributed by atoms with E-state index in [-0.39, 0.29) is 0 Å². The average molecular weight is 194 g/mol. The van der Waals surface area contributed by atoms with Crippen LogP contribution in [0.15, 0.2) is 6.33 Å². The highest BCUT2D eigenvalue weighted by Gasteiger charge is 2.14. The van der Waals surface area contributed by atoms with Gasteiger partial charge in [-0.05, 0) is 25.3 Å². The molecule has 1 fully saturated rings. The lowest BCUT2D eigenvalue weighted by molar-refractivity contribution is 0.478. The summed E-state index contributed by atoms with van der Waals surface area (Å²) < 4.78 is 1.82. The highest BCUT2D eigenvalue weighted by atomic mass is 15.3. The summed E-state index contributed by atoms with van der Waals surface area (Å²) in [5.41, 5.74) is 0. The van der Waals surface area contributed by atoms with Crippen molar-refractivity contribution in [3.8, 4) is 0 Å². The van der Waals surface area contributed by atoms with E-state index < -0.39 is 0 Å². The monoisotopic (exact) mass is 194 g/mol. The minimum Gasteiger partial charge on any atom is -0.310 e. The Kier molecular flexibility index (Phi) is 3.14. The van der Waals surface area contributed by atoms with Crippen LogP contribution in [0.5, 0.6) is 0 Å². The van der Waals surface area contributed by atoms with Gasteiger partial charge >= 0.3 is 0 Å². The summed E-state index contributed by atoms with van der Waals surface area (Å²) in [6.45, 7) is 1.97. The molecule has 1 saturated carbocycles. The van der Waals surface area contributed by atoms with Gasteiger partial charge in [-0.2, -0.15) is 5.10 Å². The number of nitrogens with zero attached hydrogens (tertiary/aromatic N) is 3. The Morgan fingerprint density at radius 1 is 1.50 bits per heavy atom. The van der Waals surface area contributed by atoms with E-state index in [1.807, 2.05) is 11.7 Å². The molecule has 0 atom stereocenters. The van der Waals surface area contributed by atoms with Crippen LogP contribution in [0.25, 0.3) is 0 Å². The second-order valence-corrected chi connectivity index (χ2v) is 4.08. The lowest BCUT2D eigenvalue weighted by Gasteiger charge is -2.09. The van der Waals surface area contributed by atoms with Crippen LogP contribution in [0, 0.1) is 5.92 Å². The molecule has 0 radical (unpaired) electrons. The highest BCUT2D eigenvalue weighted by molar-refractivity contribution is 4.82. The molecule has 0 amide bonds. The highest BCUT2D eigenvalue weighted by Crippen LogP contribution is 2.23. The minimum atomic E-state index is 0.840. The average Bonchev–Trinajstić information content (AvgIpc) is 2.78. The van der Waals surface area contributed by atoms with Crippen LogP contribution in [0.1, 0.15) is 31.5 Å². The zero-order chi connectivity index (χ0) is 9.80. The topological polar surface area (TPSA) is 42.7 Å². The fourth-order valence-electron chi connectivity index (χ4n) is 2.08. The largest absolute Gasteiger partial charge is 0.310 e. The van der Waals surface area contributed by atoms with Crippen LogP contribution in [0.4, 0.5) is 0 Å². The van der Waals surface area contributed by atoms with Crippen molar-refractivity contribution in [1.29, 1.82) is 0 Å². The van der Waals surface area contributed by atoms with Crippen LogP contribution in [0.3, 0.4) is 0 Å². The number of aromatic nitrogens is 3. The van der Waals surface area contributed by atoms with E-state index in [0.29, 0.717) is 0 Å². The fraction of sp³-hybridized carbons (Fsp3) is 0.800. The fourth-order valence-corrected chi connectivity index (χ4v) is 2.08. The third-order valence-electron chi connectivity index (χ3n) is 3.00. The van der Waals surface area contributed by atoms with Gasteiger partial charge in [0, 0.05) is 7.05 Å². The molecule has 1 aromatic rings. The number of rotatable bonds is 4. The Morgan fingerprint density at radius 2 is 2.29 bits per heavy atom. The third kappa shape index (κ3) is 2.32. The molecule has 0 aromatic carbocycles. The van der Waals surface area contributed by atoms with Crippen LogP contribution >= 0.6 is 0 Å². The Morgan fingerprint density at radius 3 is 2.93 bits per heavy atom. The first-order chi connectivity index (χ1) is 6.86. The first-order valence-corrected chi connectivity index (χ1v) is 5.40. The van der Waals surface area contributed by atoms with Crippen molar-refractivity contribution in [1.82, 2.24) is 20.1 Å². The first-order valence-electron chi connectivity index (χ1n) is 5.40. The van der Waals surface area contributed by atoms with Crippen LogP contribution in [-0.4, -0.2) is 21.3 Å². The first kappa shape index (κ1) is 9.65. The number of aryl methyl sites for hydroxylation is 1. The zero-order valence-corrected chi connectivity index (χ0v) is 8.74. The van der Waals surface area contributed by atoms with Crippen molar-refractivity contribution in [3.63, 3.8) is 0 Å². The second kappa shape index (κ2) is 4.55. The molecular formula is C10H18N4. The minimum absolute atomic E-state index is 0.840. The summed E-state index contributed by atoms with van der Waals surface area (Å²) >= 11 is 0. The Hall–Kier alpha value is -0.900. The van der Waals surface area contributed by atoms with Gasteiger partial charge in [-0.3, -0.25) is 4.68 Å². The van der Waals surface area contributed by atoms with E-state index in [9.17, 15) is 0 Å². The number of hydrogen-bond donors (Lipinski definition) is 1. The molecule has 1 heterocycles. The van der Waals surface area contributed by atoms with Crippen molar-refractivity contribution in [2.75, 3.05) is 6.54 Å². The maximum absolute atomic E-state index is 4.17. The van der Waals surface area contributed by atoms with Crippen molar-refractivity contribution in [2.24, 2.45) is 13.0 Å². The molecule has 1 aliphatic carbocycles. The number of hydrogen-bond acceptors (Lipinski definition) is 3. The Balaban J connectivity index is 1.70. The SMILES string of the molecule is Cn1ncnc1CNCC1CCCC1. The maximum atomic E-state index is 4.17. The summed E-state index contributed by atoms with van der Waals surface area (Å²) in [5.74, 6) is 1.91. The van der Waals surface area contributed by atoms with Gasteiger partial charge in [-0.15, -0.1) is 0 Å². The van der Waals surface area contributed by atoms with E-state index in [1.54, 1.807) is 6.33 Å². The lowest BCUT2D eigenvalue weighted by Crippen LogP contribution is -2.22. The van der Waals surface area contributed by atoms with Crippen LogP contribution in [0.2, 0.25) is 0 Å². The van der Waals surface area contributed by atoms with Crippen molar-refractivity contribution in [3.05, 3.63) is 12.2 Å².